The fourth-order valence-electron chi connectivity index (χ4n) is 6.16. The zero-order chi connectivity index (χ0) is 32.7. The lowest BCUT2D eigenvalue weighted by molar-refractivity contribution is -0.144. The third-order valence-corrected chi connectivity index (χ3v) is 9.19. The van der Waals surface area contributed by atoms with Gasteiger partial charge in [0.2, 0.25) is 0 Å². The summed E-state index contributed by atoms with van der Waals surface area (Å²) in [6, 6.07) is 0. The fraction of sp³-hybridized carbons (Fsp3) is 0.902. The van der Waals surface area contributed by atoms with Gasteiger partial charge in [-0.05, 0) is 44.9 Å². The van der Waals surface area contributed by atoms with Crippen molar-refractivity contribution < 1.29 is 19.4 Å². The van der Waals surface area contributed by atoms with Crippen LogP contribution < -0.4 is 0 Å². The van der Waals surface area contributed by atoms with Gasteiger partial charge in [0.25, 0.3) is 0 Å². The second-order valence-corrected chi connectivity index (χ2v) is 13.8. The first-order chi connectivity index (χ1) is 22.2. The van der Waals surface area contributed by atoms with Gasteiger partial charge in [0, 0.05) is 12.8 Å². The molecule has 0 spiro atoms. The fourth-order valence-corrected chi connectivity index (χ4v) is 6.16. The Morgan fingerprint density at radius 3 is 1.11 bits per heavy atom. The van der Waals surface area contributed by atoms with Crippen molar-refractivity contribution in [1.82, 2.24) is 0 Å². The Balaban J connectivity index is 3.18. The molecule has 0 saturated heterocycles. The maximum Gasteiger partial charge on any atom is 0.305 e. The summed E-state index contributed by atoms with van der Waals surface area (Å²) in [6.07, 6.45) is 48.1. The molecule has 0 aliphatic rings. The van der Waals surface area contributed by atoms with Crippen molar-refractivity contribution in [2.45, 2.75) is 232 Å². The van der Waals surface area contributed by atoms with E-state index in [4.69, 9.17) is 9.84 Å². The molecule has 1 N–H and O–H groups in total. The molecular weight excluding hydrogens is 556 g/mol. The minimum atomic E-state index is -0.664. The quantitative estimate of drug-likeness (QED) is 0.0417. The Hall–Kier alpha value is -1.32. The lowest BCUT2D eigenvalue weighted by atomic mass is 10.0. The Morgan fingerprint density at radius 1 is 0.422 bits per heavy atom. The number of allylic oxidation sites excluding steroid dienone is 2. The number of carboxylic acids is 1. The monoisotopic (exact) mass is 635 g/mol. The van der Waals surface area contributed by atoms with Crippen LogP contribution in [-0.2, 0) is 14.3 Å². The summed E-state index contributed by atoms with van der Waals surface area (Å²) in [5.74, 6) is -0.658. The van der Waals surface area contributed by atoms with E-state index in [2.05, 4.69) is 19.1 Å². The standard InChI is InChI=1S/C41H78O4/c1-2-3-4-5-6-7-8-9-10-11-12-13-17-20-23-26-29-32-35-38-41(44)45-39-36-33-30-27-24-21-18-15-14-16-19-22-25-28-31-34-37-40(42)43/h9-10H,2-8,11-39H2,1H3,(H,42,43). The first-order valence-corrected chi connectivity index (χ1v) is 20.2. The van der Waals surface area contributed by atoms with E-state index in [1.165, 1.54) is 180 Å². The van der Waals surface area contributed by atoms with Crippen LogP contribution in [0.3, 0.4) is 0 Å². The number of aliphatic carboxylic acids is 1. The molecule has 4 heteroatoms. The van der Waals surface area contributed by atoms with Crippen LogP contribution in [0.5, 0.6) is 0 Å². The van der Waals surface area contributed by atoms with Crippen molar-refractivity contribution in [3.05, 3.63) is 12.2 Å². The molecule has 0 atom stereocenters. The van der Waals surface area contributed by atoms with Gasteiger partial charge in [0.1, 0.15) is 0 Å². The van der Waals surface area contributed by atoms with Crippen molar-refractivity contribution in [1.29, 1.82) is 0 Å². The van der Waals surface area contributed by atoms with Crippen LogP contribution in [0.1, 0.15) is 232 Å². The van der Waals surface area contributed by atoms with Gasteiger partial charge in [-0.25, -0.2) is 0 Å². The molecule has 0 aliphatic heterocycles. The Morgan fingerprint density at radius 2 is 0.733 bits per heavy atom. The summed E-state index contributed by atoms with van der Waals surface area (Å²) < 4.78 is 5.45. The Kier molecular flexibility index (Phi) is 37.7. The minimum absolute atomic E-state index is 0.00626. The molecule has 0 heterocycles. The number of ether oxygens (including phenoxy) is 1. The van der Waals surface area contributed by atoms with E-state index >= 15 is 0 Å². The van der Waals surface area contributed by atoms with Crippen LogP contribution in [-0.4, -0.2) is 23.7 Å². The summed E-state index contributed by atoms with van der Waals surface area (Å²) in [5.41, 5.74) is 0. The molecule has 0 aromatic carbocycles. The molecule has 0 bridgehead atoms. The molecule has 266 valence electrons. The van der Waals surface area contributed by atoms with Gasteiger partial charge < -0.3 is 9.84 Å². The zero-order valence-corrected chi connectivity index (χ0v) is 30.3. The smallest absolute Gasteiger partial charge is 0.305 e. The van der Waals surface area contributed by atoms with Crippen LogP contribution in [0.4, 0.5) is 0 Å². The summed E-state index contributed by atoms with van der Waals surface area (Å²) in [7, 11) is 0. The summed E-state index contributed by atoms with van der Waals surface area (Å²) in [4.78, 5) is 22.5. The van der Waals surface area contributed by atoms with Crippen LogP contribution >= 0.6 is 0 Å². The van der Waals surface area contributed by atoms with E-state index in [0.29, 0.717) is 19.4 Å². The van der Waals surface area contributed by atoms with E-state index < -0.39 is 5.97 Å². The number of hydrogen-bond donors (Lipinski definition) is 1. The van der Waals surface area contributed by atoms with Crippen molar-refractivity contribution in [2.24, 2.45) is 0 Å². The van der Waals surface area contributed by atoms with Crippen molar-refractivity contribution in [3.63, 3.8) is 0 Å². The number of carbonyl (C=O) groups is 2. The van der Waals surface area contributed by atoms with Gasteiger partial charge >= 0.3 is 11.9 Å². The molecule has 0 saturated carbocycles. The normalized spacial score (nSPS) is 11.5. The summed E-state index contributed by atoms with van der Waals surface area (Å²) >= 11 is 0. The van der Waals surface area contributed by atoms with Gasteiger partial charge in [-0.3, -0.25) is 9.59 Å². The van der Waals surface area contributed by atoms with Gasteiger partial charge in [-0.15, -0.1) is 0 Å². The number of unbranched alkanes of at least 4 members (excludes halogenated alkanes) is 30. The molecule has 0 aliphatic carbocycles. The molecule has 0 fully saturated rings. The number of carboxylic acid groups (broad SMARTS) is 1. The Labute approximate surface area is 281 Å². The van der Waals surface area contributed by atoms with Crippen LogP contribution in [0.2, 0.25) is 0 Å². The van der Waals surface area contributed by atoms with Gasteiger partial charge in [-0.1, -0.05) is 186 Å². The minimum Gasteiger partial charge on any atom is -0.481 e. The van der Waals surface area contributed by atoms with Gasteiger partial charge in [0.05, 0.1) is 6.61 Å². The molecule has 0 unspecified atom stereocenters. The number of carbonyl (C=O) groups excluding carboxylic acids is 1. The SMILES string of the molecule is CCCCCCCCC=CCCCCCCCCCCCC(=O)OCCCCCCCCCCCCCCCCCCC(=O)O. The van der Waals surface area contributed by atoms with E-state index in [0.717, 1.165) is 32.1 Å². The average molecular weight is 635 g/mol. The molecule has 4 nitrogen and oxygen atoms in total. The van der Waals surface area contributed by atoms with Gasteiger partial charge in [-0.2, -0.15) is 0 Å². The molecule has 0 rings (SSSR count). The highest BCUT2D eigenvalue weighted by molar-refractivity contribution is 5.69. The molecular formula is C41H78O4. The lowest BCUT2D eigenvalue weighted by Crippen LogP contribution is -2.05. The highest BCUT2D eigenvalue weighted by Crippen LogP contribution is 2.15. The highest BCUT2D eigenvalue weighted by Gasteiger charge is 2.03. The zero-order valence-electron chi connectivity index (χ0n) is 30.3. The summed E-state index contributed by atoms with van der Waals surface area (Å²) in [6.45, 7) is 2.89. The number of esters is 1. The first-order valence-electron chi connectivity index (χ1n) is 20.2. The van der Waals surface area contributed by atoms with E-state index in [9.17, 15) is 9.59 Å². The maximum atomic E-state index is 12.0. The second kappa shape index (κ2) is 38.9. The second-order valence-electron chi connectivity index (χ2n) is 13.8. The topological polar surface area (TPSA) is 63.6 Å². The van der Waals surface area contributed by atoms with Crippen LogP contribution in [0, 0.1) is 0 Å². The van der Waals surface area contributed by atoms with Crippen LogP contribution in [0.25, 0.3) is 0 Å². The van der Waals surface area contributed by atoms with Crippen molar-refractivity contribution in [3.8, 4) is 0 Å². The van der Waals surface area contributed by atoms with Crippen molar-refractivity contribution >= 4 is 11.9 Å². The number of rotatable bonds is 38. The van der Waals surface area contributed by atoms with Gasteiger partial charge in [0.15, 0.2) is 0 Å². The van der Waals surface area contributed by atoms with Crippen LogP contribution in [0.15, 0.2) is 12.2 Å². The largest absolute Gasteiger partial charge is 0.481 e. The van der Waals surface area contributed by atoms with E-state index in [1.807, 2.05) is 0 Å². The maximum absolute atomic E-state index is 12.0. The Bertz CT molecular complexity index is 629. The van der Waals surface area contributed by atoms with E-state index in [1.54, 1.807) is 0 Å². The molecule has 45 heavy (non-hydrogen) atoms. The highest BCUT2D eigenvalue weighted by atomic mass is 16.5. The summed E-state index contributed by atoms with van der Waals surface area (Å²) in [5, 5.41) is 8.64. The molecule has 0 aromatic rings. The molecule has 0 amide bonds. The third kappa shape index (κ3) is 40.7. The predicted molar refractivity (Wildman–Crippen MR) is 195 cm³/mol. The van der Waals surface area contributed by atoms with Crippen molar-refractivity contribution in [2.75, 3.05) is 6.61 Å². The molecule has 0 aromatic heterocycles. The molecule has 0 radical (unpaired) electrons. The lowest BCUT2D eigenvalue weighted by Gasteiger charge is -2.06. The number of hydrogen-bond acceptors (Lipinski definition) is 3. The van der Waals surface area contributed by atoms with E-state index in [-0.39, 0.29) is 5.97 Å². The predicted octanol–water partition coefficient (Wildman–Crippen LogP) is 13.8. The average Bonchev–Trinajstić information content (AvgIpc) is 3.03. The third-order valence-electron chi connectivity index (χ3n) is 9.19. The first kappa shape index (κ1) is 43.7.